The van der Waals surface area contributed by atoms with Crippen LogP contribution < -0.4 is 5.32 Å². The molecule has 1 saturated heterocycles. The first-order valence-corrected chi connectivity index (χ1v) is 8.32. The van der Waals surface area contributed by atoms with Crippen molar-refractivity contribution in [1.29, 1.82) is 0 Å². The number of ether oxygens (including phenoxy) is 1. The van der Waals surface area contributed by atoms with Crippen LogP contribution >= 0.6 is 0 Å². The average molecular weight is 301 g/mol. The van der Waals surface area contributed by atoms with Crippen LogP contribution in [0.3, 0.4) is 0 Å². The summed E-state index contributed by atoms with van der Waals surface area (Å²) in [7, 11) is 0. The van der Waals surface area contributed by atoms with Crippen molar-refractivity contribution in [2.45, 2.75) is 56.4 Å². The number of fused-ring (bicyclic) bond motifs is 1. The van der Waals surface area contributed by atoms with E-state index in [-0.39, 0.29) is 11.5 Å². The Bertz CT molecular complexity index is 588. The number of aliphatic hydroxyl groups excluding tert-OH is 1. The Morgan fingerprint density at radius 3 is 3.00 bits per heavy atom. The lowest BCUT2D eigenvalue weighted by molar-refractivity contribution is -0.111. The van der Waals surface area contributed by atoms with Crippen molar-refractivity contribution < 1.29 is 14.6 Å². The lowest BCUT2D eigenvalue weighted by atomic mass is 9.82. The standard InChI is InChI=1S/C18H23NO3/c20-10-12-1-2-14-8-15(4-3-13(14)7-12)16-5-6-18(9-16)11-22-17(21)19-18/h3-4,8,10,12,16-17,19,21H,1-2,5-7,9,11H2/t12?,16-,17?,18+/m0/s1. The monoisotopic (exact) mass is 301 g/mol. The first-order chi connectivity index (χ1) is 10.7. The zero-order valence-corrected chi connectivity index (χ0v) is 12.8. The fourth-order valence-corrected chi connectivity index (χ4v) is 4.43. The van der Waals surface area contributed by atoms with E-state index in [0.29, 0.717) is 12.5 Å². The number of carbonyl (C=O) groups is 1. The van der Waals surface area contributed by atoms with Crippen LogP contribution in [0.2, 0.25) is 0 Å². The number of carbonyl (C=O) groups excluding carboxylic acids is 1. The average Bonchev–Trinajstić information content (AvgIpc) is 3.13. The van der Waals surface area contributed by atoms with Crippen LogP contribution in [-0.4, -0.2) is 30.0 Å². The van der Waals surface area contributed by atoms with E-state index in [4.69, 9.17) is 4.74 Å². The smallest absolute Gasteiger partial charge is 0.214 e. The van der Waals surface area contributed by atoms with Crippen molar-refractivity contribution in [2.75, 3.05) is 6.61 Å². The van der Waals surface area contributed by atoms with Gasteiger partial charge in [-0.05, 0) is 61.1 Å². The molecular formula is C18H23NO3. The maximum absolute atomic E-state index is 11.0. The van der Waals surface area contributed by atoms with Crippen molar-refractivity contribution >= 4 is 6.29 Å². The molecule has 3 aliphatic rings. The van der Waals surface area contributed by atoms with Gasteiger partial charge in [-0.15, -0.1) is 0 Å². The molecule has 22 heavy (non-hydrogen) atoms. The highest BCUT2D eigenvalue weighted by Gasteiger charge is 2.45. The number of aryl methyl sites for hydroxylation is 1. The van der Waals surface area contributed by atoms with E-state index in [1.54, 1.807) is 0 Å². The number of nitrogens with one attached hydrogen (secondary N) is 1. The van der Waals surface area contributed by atoms with Crippen LogP contribution in [0.25, 0.3) is 0 Å². The highest BCUT2D eigenvalue weighted by molar-refractivity contribution is 5.56. The van der Waals surface area contributed by atoms with Crippen molar-refractivity contribution in [3.05, 3.63) is 34.9 Å². The van der Waals surface area contributed by atoms with Crippen LogP contribution in [0, 0.1) is 5.92 Å². The first kappa shape index (κ1) is 14.4. The minimum Gasteiger partial charge on any atom is -0.356 e. The molecule has 1 aliphatic heterocycles. The summed E-state index contributed by atoms with van der Waals surface area (Å²) in [5.74, 6) is 0.741. The highest BCUT2D eigenvalue weighted by atomic mass is 16.6. The summed E-state index contributed by atoms with van der Waals surface area (Å²) >= 11 is 0. The normalized spacial score (nSPS) is 37.4. The molecule has 2 unspecified atom stereocenters. The van der Waals surface area contributed by atoms with E-state index in [0.717, 1.165) is 44.8 Å². The summed E-state index contributed by atoms with van der Waals surface area (Å²) < 4.78 is 5.30. The van der Waals surface area contributed by atoms with Gasteiger partial charge in [0.05, 0.1) is 6.61 Å². The molecule has 1 saturated carbocycles. The van der Waals surface area contributed by atoms with Gasteiger partial charge in [0.15, 0.2) is 0 Å². The molecule has 0 amide bonds. The molecule has 4 nitrogen and oxygen atoms in total. The molecule has 0 radical (unpaired) electrons. The van der Waals surface area contributed by atoms with Crippen LogP contribution in [0.4, 0.5) is 0 Å². The Morgan fingerprint density at radius 2 is 2.23 bits per heavy atom. The minimum absolute atomic E-state index is 0.0391. The Balaban J connectivity index is 1.51. The number of aldehydes is 1. The second-order valence-electron chi connectivity index (χ2n) is 7.19. The third-order valence-corrected chi connectivity index (χ3v) is 5.72. The third kappa shape index (κ3) is 2.49. The third-order valence-electron chi connectivity index (χ3n) is 5.72. The largest absolute Gasteiger partial charge is 0.356 e. The van der Waals surface area contributed by atoms with E-state index in [9.17, 15) is 9.90 Å². The van der Waals surface area contributed by atoms with Crippen molar-refractivity contribution in [2.24, 2.45) is 5.92 Å². The zero-order valence-electron chi connectivity index (χ0n) is 12.8. The van der Waals surface area contributed by atoms with Crippen molar-refractivity contribution in [3.8, 4) is 0 Å². The topological polar surface area (TPSA) is 58.6 Å². The Labute approximate surface area is 130 Å². The van der Waals surface area contributed by atoms with Crippen molar-refractivity contribution in [1.82, 2.24) is 5.32 Å². The summed E-state index contributed by atoms with van der Waals surface area (Å²) in [5.41, 5.74) is 4.14. The van der Waals surface area contributed by atoms with Gasteiger partial charge in [0.1, 0.15) is 6.29 Å². The van der Waals surface area contributed by atoms with Gasteiger partial charge in [-0.25, -0.2) is 0 Å². The molecule has 1 aromatic carbocycles. The summed E-state index contributed by atoms with van der Waals surface area (Å²) in [5, 5.41) is 12.8. The summed E-state index contributed by atoms with van der Waals surface area (Å²) in [6.07, 6.45) is 6.42. The summed E-state index contributed by atoms with van der Waals surface area (Å²) in [6.45, 7) is 0.608. The fraction of sp³-hybridized carbons (Fsp3) is 0.611. The predicted molar refractivity (Wildman–Crippen MR) is 82.4 cm³/mol. The van der Waals surface area contributed by atoms with Gasteiger partial charge in [0.25, 0.3) is 0 Å². The second-order valence-corrected chi connectivity index (χ2v) is 7.19. The van der Waals surface area contributed by atoms with Gasteiger partial charge in [-0.3, -0.25) is 5.32 Å². The summed E-state index contributed by atoms with van der Waals surface area (Å²) in [4.78, 5) is 11.0. The van der Waals surface area contributed by atoms with Gasteiger partial charge in [0.2, 0.25) is 6.41 Å². The highest BCUT2D eigenvalue weighted by Crippen LogP contribution is 2.43. The van der Waals surface area contributed by atoms with Crippen LogP contribution in [-0.2, 0) is 22.4 Å². The zero-order chi connectivity index (χ0) is 15.2. The molecule has 2 aliphatic carbocycles. The Morgan fingerprint density at radius 1 is 1.32 bits per heavy atom. The molecule has 2 fully saturated rings. The maximum Gasteiger partial charge on any atom is 0.214 e. The van der Waals surface area contributed by atoms with Crippen LogP contribution in [0.1, 0.15) is 48.3 Å². The van der Waals surface area contributed by atoms with E-state index in [1.165, 1.54) is 16.7 Å². The Hall–Kier alpha value is -1.23. The molecule has 4 rings (SSSR count). The maximum atomic E-state index is 11.0. The molecule has 0 aromatic heterocycles. The van der Waals surface area contributed by atoms with E-state index < -0.39 is 6.41 Å². The second kappa shape index (κ2) is 5.44. The van der Waals surface area contributed by atoms with Gasteiger partial charge < -0.3 is 14.6 Å². The van der Waals surface area contributed by atoms with Gasteiger partial charge in [-0.2, -0.15) is 0 Å². The molecular weight excluding hydrogens is 278 g/mol. The van der Waals surface area contributed by atoms with Gasteiger partial charge in [0, 0.05) is 11.5 Å². The minimum atomic E-state index is -0.803. The Kier molecular flexibility index (Phi) is 3.56. The summed E-state index contributed by atoms with van der Waals surface area (Å²) in [6, 6.07) is 6.81. The first-order valence-electron chi connectivity index (χ1n) is 8.32. The molecule has 0 bridgehead atoms. The van der Waals surface area contributed by atoms with E-state index in [1.807, 2.05) is 0 Å². The van der Waals surface area contributed by atoms with Gasteiger partial charge >= 0.3 is 0 Å². The SMILES string of the molecule is O=CC1CCc2cc([C@H]3CC[C@]4(COC(O)N4)C3)ccc2C1. The number of hydrogen-bond donors (Lipinski definition) is 2. The molecule has 118 valence electrons. The van der Waals surface area contributed by atoms with E-state index in [2.05, 4.69) is 23.5 Å². The number of aliphatic hydroxyl groups is 1. The molecule has 1 aromatic rings. The molecule has 2 N–H and O–H groups in total. The molecule has 1 heterocycles. The number of rotatable bonds is 2. The quantitative estimate of drug-likeness (QED) is 0.819. The predicted octanol–water partition coefficient (Wildman–Crippen LogP) is 1.89. The molecule has 4 heteroatoms. The van der Waals surface area contributed by atoms with Crippen LogP contribution in [0.15, 0.2) is 18.2 Å². The van der Waals surface area contributed by atoms with Crippen LogP contribution in [0.5, 0.6) is 0 Å². The van der Waals surface area contributed by atoms with E-state index >= 15 is 0 Å². The number of hydrogen-bond acceptors (Lipinski definition) is 4. The number of benzene rings is 1. The lowest BCUT2D eigenvalue weighted by Gasteiger charge is -2.24. The molecule has 4 atom stereocenters. The molecule has 1 spiro atoms. The fourth-order valence-electron chi connectivity index (χ4n) is 4.43. The lowest BCUT2D eigenvalue weighted by Crippen LogP contribution is -2.42. The van der Waals surface area contributed by atoms with Gasteiger partial charge in [-0.1, -0.05) is 18.2 Å². The van der Waals surface area contributed by atoms with Crippen molar-refractivity contribution in [3.63, 3.8) is 0 Å².